The third-order valence-electron chi connectivity index (χ3n) is 3.73. The lowest BCUT2D eigenvalue weighted by Crippen LogP contribution is -2.05. The molecule has 0 bridgehead atoms. The number of thioether (sulfide) groups is 1. The van der Waals surface area contributed by atoms with E-state index >= 15 is 0 Å². The highest BCUT2D eigenvalue weighted by Crippen LogP contribution is 2.27. The highest BCUT2D eigenvalue weighted by Gasteiger charge is 2.16. The van der Waals surface area contributed by atoms with E-state index in [2.05, 4.69) is 10.2 Å². The number of methoxy groups -OCH3 is 2. The number of rotatable bonds is 7. The van der Waals surface area contributed by atoms with Crippen molar-refractivity contribution < 1.29 is 18.7 Å². The van der Waals surface area contributed by atoms with Crippen molar-refractivity contribution >= 4 is 17.5 Å². The molecule has 3 aromatic rings. The zero-order valence-electron chi connectivity index (χ0n) is 14.7. The SMILES string of the molecule is COc1ccc(-c2nnc(SCC(=O)c3cc(C)ccc3OC)o2)cc1. The van der Waals surface area contributed by atoms with E-state index in [9.17, 15) is 4.79 Å². The van der Waals surface area contributed by atoms with E-state index in [4.69, 9.17) is 13.9 Å². The van der Waals surface area contributed by atoms with Gasteiger partial charge in [-0.2, -0.15) is 0 Å². The van der Waals surface area contributed by atoms with E-state index in [-0.39, 0.29) is 11.5 Å². The van der Waals surface area contributed by atoms with Gasteiger partial charge in [-0.25, -0.2) is 0 Å². The molecule has 134 valence electrons. The van der Waals surface area contributed by atoms with Crippen LogP contribution in [-0.4, -0.2) is 36.0 Å². The predicted octanol–water partition coefficient (Wildman–Crippen LogP) is 4.04. The number of Topliss-reactive ketones (excluding diaryl/α,β-unsaturated/α-hetero) is 1. The molecule has 6 nitrogen and oxygen atoms in total. The van der Waals surface area contributed by atoms with E-state index < -0.39 is 0 Å². The third-order valence-corrected chi connectivity index (χ3v) is 4.54. The topological polar surface area (TPSA) is 74.5 Å². The summed E-state index contributed by atoms with van der Waals surface area (Å²) in [6, 6.07) is 12.8. The number of hydrogen-bond donors (Lipinski definition) is 0. The van der Waals surface area contributed by atoms with Gasteiger partial charge in [0.2, 0.25) is 5.89 Å². The minimum Gasteiger partial charge on any atom is -0.497 e. The van der Waals surface area contributed by atoms with Gasteiger partial charge in [0, 0.05) is 5.56 Å². The van der Waals surface area contributed by atoms with Crippen molar-refractivity contribution in [3.63, 3.8) is 0 Å². The number of nitrogens with zero attached hydrogens (tertiary/aromatic N) is 2. The Hall–Kier alpha value is -2.80. The van der Waals surface area contributed by atoms with Crippen molar-refractivity contribution in [1.82, 2.24) is 10.2 Å². The van der Waals surface area contributed by atoms with Crippen LogP contribution in [0.4, 0.5) is 0 Å². The Morgan fingerprint density at radius 3 is 2.54 bits per heavy atom. The number of aromatic nitrogens is 2. The van der Waals surface area contributed by atoms with Crippen LogP contribution >= 0.6 is 11.8 Å². The van der Waals surface area contributed by atoms with E-state index in [0.717, 1.165) is 16.9 Å². The van der Waals surface area contributed by atoms with E-state index in [1.807, 2.05) is 43.3 Å². The normalized spacial score (nSPS) is 10.6. The second-order valence-electron chi connectivity index (χ2n) is 5.52. The molecule has 7 heteroatoms. The van der Waals surface area contributed by atoms with Crippen molar-refractivity contribution in [3.8, 4) is 23.0 Å². The monoisotopic (exact) mass is 370 g/mol. The van der Waals surface area contributed by atoms with Crippen LogP contribution < -0.4 is 9.47 Å². The summed E-state index contributed by atoms with van der Waals surface area (Å²) in [5.74, 6) is 1.84. The maximum Gasteiger partial charge on any atom is 0.277 e. The molecule has 1 heterocycles. The molecule has 0 fully saturated rings. The van der Waals surface area contributed by atoms with Crippen LogP contribution in [-0.2, 0) is 0 Å². The van der Waals surface area contributed by atoms with Crippen molar-refractivity contribution in [2.75, 3.05) is 20.0 Å². The summed E-state index contributed by atoms with van der Waals surface area (Å²) in [5, 5.41) is 8.36. The van der Waals surface area contributed by atoms with E-state index in [0.29, 0.717) is 22.4 Å². The summed E-state index contributed by atoms with van der Waals surface area (Å²) in [7, 11) is 3.16. The molecule has 1 aromatic heterocycles. The first kappa shape index (κ1) is 18.0. The number of ether oxygens (including phenoxy) is 2. The highest BCUT2D eigenvalue weighted by molar-refractivity contribution is 7.99. The van der Waals surface area contributed by atoms with Crippen LogP contribution in [0.5, 0.6) is 11.5 Å². The van der Waals surface area contributed by atoms with Crippen LogP contribution in [0.15, 0.2) is 52.1 Å². The Morgan fingerprint density at radius 2 is 1.85 bits per heavy atom. The van der Waals surface area contributed by atoms with Gasteiger partial charge < -0.3 is 13.9 Å². The van der Waals surface area contributed by atoms with Gasteiger partial charge in [0.15, 0.2) is 5.78 Å². The summed E-state index contributed by atoms with van der Waals surface area (Å²) in [5.41, 5.74) is 2.34. The van der Waals surface area contributed by atoms with Gasteiger partial charge in [0.05, 0.1) is 25.5 Å². The Kier molecular flexibility index (Phi) is 5.58. The fourth-order valence-corrected chi connectivity index (χ4v) is 3.01. The number of carbonyl (C=O) groups is 1. The first-order chi connectivity index (χ1) is 12.6. The standard InChI is InChI=1S/C19H18N2O4S/c1-12-4-9-17(24-3)15(10-12)16(22)11-26-19-21-20-18(25-19)13-5-7-14(23-2)8-6-13/h4-10H,11H2,1-3H3. The lowest BCUT2D eigenvalue weighted by molar-refractivity contribution is 0.101. The van der Waals surface area contributed by atoms with Crippen LogP contribution in [0.2, 0.25) is 0 Å². The second-order valence-corrected chi connectivity index (χ2v) is 6.44. The molecule has 0 N–H and O–H groups in total. The molecule has 0 atom stereocenters. The number of aryl methyl sites for hydroxylation is 1. The Bertz CT molecular complexity index is 906. The lowest BCUT2D eigenvalue weighted by Gasteiger charge is -2.07. The number of ketones is 1. The molecule has 2 aromatic carbocycles. The first-order valence-electron chi connectivity index (χ1n) is 7.89. The van der Waals surface area contributed by atoms with Crippen LogP contribution in [0.3, 0.4) is 0 Å². The zero-order chi connectivity index (χ0) is 18.5. The van der Waals surface area contributed by atoms with Crippen molar-refractivity contribution in [1.29, 1.82) is 0 Å². The molecule has 0 unspecified atom stereocenters. The van der Waals surface area contributed by atoms with Crippen LogP contribution in [0.25, 0.3) is 11.5 Å². The molecular weight excluding hydrogens is 352 g/mol. The molecule has 26 heavy (non-hydrogen) atoms. The molecule has 0 radical (unpaired) electrons. The summed E-state index contributed by atoms with van der Waals surface area (Å²) < 4.78 is 16.0. The Balaban J connectivity index is 1.68. The maximum atomic E-state index is 12.5. The van der Waals surface area contributed by atoms with Gasteiger partial charge in [-0.3, -0.25) is 4.79 Å². The maximum absolute atomic E-state index is 12.5. The minimum absolute atomic E-state index is 0.0558. The number of hydrogen-bond acceptors (Lipinski definition) is 7. The lowest BCUT2D eigenvalue weighted by atomic mass is 10.1. The molecule has 0 aliphatic heterocycles. The van der Waals surface area contributed by atoms with Crippen molar-refractivity contribution in [2.24, 2.45) is 0 Å². The van der Waals surface area contributed by atoms with E-state index in [1.165, 1.54) is 11.8 Å². The fourth-order valence-electron chi connectivity index (χ4n) is 2.36. The predicted molar refractivity (Wildman–Crippen MR) is 99.1 cm³/mol. The number of benzene rings is 2. The van der Waals surface area contributed by atoms with Gasteiger partial charge in [0.25, 0.3) is 5.22 Å². The molecule has 0 aliphatic carbocycles. The fraction of sp³-hybridized carbons (Fsp3) is 0.211. The molecule has 3 rings (SSSR count). The Labute approximate surface area is 155 Å². The average Bonchev–Trinajstić information content (AvgIpc) is 3.15. The van der Waals surface area contributed by atoms with Gasteiger partial charge in [0.1, 0.15) is 11.5 Å². The highest BCUT2D eigenvalue weighted by atomic mass is 32.2. The smallest absolute Gasteiger partial charge is 0.277 e. The summed E-state index contributed by atoms with van der Waals surface area (Å²) >= 11 is 1.20. The van der Waals surface area contributed by atoms with E-state index in [1.54, 1.807) is 20.3 Å². The van der Waals surface area contributed by atoms with Crippen molar-refractivity contribution in [3.05, 3.63) is 53.6 Å². The summed E-state index contributed by atoms with van der Waals surface area (Å²) in [4.78, 5) is 12.5. The van der Waals surface area contributed by atoms with Gasteiger partial charge >= 0.3 is 0 Å². The largest absolute Gasteiger partial charge is 0.497 e. The second kappa shape index (κ2) is 8.05. The number of carbonyl (C=O) groups excluding carboxylic acids is 1. The Morgan fingerprint density at radius 1 is 1.08 bits per heavy atom. The molecule has 0 saturated carbocycles. The van der Waals surface area contributed by atoms with Crippen LogP contribution in [0, 0.1) is 6.92 Å². The minimum atomic E-state index is -0.0558. The summed E-state index contributed by atoms with van der Waals surface area (Å²) in [6.07, 6.45) is 0. The summed E-state index contributed by atoms with van der Waals surface area (Å²) in [6.45, 7) is 1.93. The van der Waals surface area contributed by atoms with Gasteiger partial charge in [-0.15, -0.1) is 10.2 Å². The zero-order valence-corrected chi connectivity index (χ0v) is 15.5. The van der Waals surface area contributed by atoms with Crippen LogP contribution in [0.1, 0.15) is 15.9 Å². The average molecular weight is 370 g/mol. The molecular formula is C19H18N2O4S. The van der Waals surface area contributed by atoms with Crippen molar-refractivity contribution in [2.45, 2.75) is 12.1 Å². The third kappa shape index (κ3) is 4.05. The molecule has 0 spiro atoms. The molecule has 0 saturated heterocycles. The molecule has 0 aliphatic rings. The van der Waals surface area contributed by atoms with Gasteiger partial charge in [-0.05, 0) is 43.3 Å². The molecule has 0 amide bonds. The van der Waals surface area contributed by atoms with Gasteiger partial charge in [-0.1, -0.05) is 23.4 Å². The first-order valence-corrected chi connectivity index (χ1v) is 8.88. The quantitative estimate of drug-likeness (QED) is 0.459.